The number of nitrogens with zero attached hydrogens (tertiary/aromatic N) is 1. The lowest BCUT2D eigenvalue weighted by molar-refractivity contribution is 0.0535. The van der Waals surface area contributed by atoms with Crippen molar-refractivity contribution in [3.05, 3.63) is 23.0 Å². The van der Waals surface area contributed by atoms with Crippen molar-refractivity contribution in [1.82, 2.24) is 10.3 Å². The first-order valence-corrected chi connectivity index (χ1v) is 6.03. The standard InChI is InChI=1S/C13H16ClN3O2/c1-13(2,3)19-12(18)16-8-4-5-10-9(15)6-7-11(14)17-10/h6-7H,8,15H2,1-3H3,(H,16,18). The molecule has 0 radical (unpaired) electrons. The molecule has 0 bridgehead atoms. The summed E-state index contributed by atoms with van der Waals surface area (Å²) in [5.41, 5.74) is 5.97. The van der Waals surface area contributed by atoms with Crippen molar-refractivity contribution >= 4 is 23.4 Å². The minimum Gasteiger partial charge on any atom is -0.444 e. The van der Waals surface area contributed by atoms with Gasteiger partial charge in [-0.2, -0.15) is 0 Å². The van der Waals surface area contributed by atoms with E-state index in [1.807, 2.05) is 0 Å². The third kappa shape index (κ3) is 5.98. The number of alkyl carbamates (subject to hydrolysis) is 1. The molecule has 0 aromatic carbocycles. The van der Waals surface area contributed by atoms with Gasteiger partial charge >= 0.3 is 6.09 Å². The molecule has 6 heteroatoms. The number of aromatic nitrogens is 1. The van der Waals surface area contributed by atoms with E-state index in [-0.39, 0.29) is 6.54 Å². The van der Waals surface area contributed by atoms with Gasteiger partial charge in [-0.15, -0.1) is 0 Å². The maximum atomic E-state index is 11.3. The quantitative estimate of drug-likeness (QED) is 0.611. The Balaban J connectivity index is 2.52. The number of carbonyl (C=O) groups is 1. The summed E-state index contributed by atoms with van der Waals surface area (Å²) < 4.78 is 5.05. The average molecular weight is 282 g/mol. The van der Waals surface area contributed by atoms with Crippen molar-refractivity contribution in [3.63, 3.8) is 0 Å². The minimum absolute atomic E-state index is 0.141. The van der Waals surface area contributed by atoms with Crippen LogP contribution >= 0.6 is 11.6 Å². The third-order valence-electron chi connectivity index (χ3n) is 1.82. The Labute approximate surface area is 117 Å². The molecule has 19 heavy (non-hydrogen) atoms. The summed E-state index contributed by atoms with van der Waals surface area (Å²) in [5.74, 6) is 5.45. The molecule has 1 aromatic rings. The van der Waals surface area contributed by atoms with Gasteiger partial charge in [-0.05, 0) is 38.8 Å². The van der Waals surface area contributed by atoms with Crippen LogP contribution in [0.2, 0.25) is 5.15 Å². The number of amides is 1. The molecule has 0 spiro atoms. The van der Waals surface area contributed by atoms with Crippen LogP contribution in [0.4, 0.5) is 10.5 Å². The van der Waals surface area contributed by atoms with Gasteiger partial charge in [0.05, 0.1) is 12.2 Å². The Morgan fingerprint density at radius 3 is 2.84 bits per heavy atom. The predicted molar refractivity (Wildman–Crippen MR) is 74.8 cm³/mol. The number of carbonyl (C=O) groups excluding carboxylic acids is 1. The van der Waals surface area contributed by atoms with Crippen molar-refractivity contribution < 1.29 is 9.53 Å². The fourth-order valence-corrected chi connectivity index (χ4v) is 1.25. The summed E-state index contributed by atoms with van der Waals surface area (Å²) in [7, 11) is 0. The van der Waals surface area contributed by atoms with Crippen LogP contribution in [0.15, 0.2) is 12.1 Å². The Bertz CT molecular complexity index is 527. The van der Waals surface area contributed by atoms with Crippen LogP contribution in [0, 0.1) is 11.8 Å². The maximum Gasteiger partial charge on any atom is 0.408 e. The molecule has 0 atom stereocenters. The average Bonchev–Trinajstić information content (AvgIpc) is 2.26. The second kappa shape index (κ2) is 6.30. The normalized spacial score (nSPS) is 10.3. The van der Waals surface area contributed by atoms with E-state index in [2.05, 4.69) is 22.1 Å². The van der Waals surface area contributed by atoms with Gasteiger partial charge in [0.2, 0.25) is 0 Å². The zero-order chi connectivity index (χ0) is 14.5. The van der Waals surface area contributed by atoms with Gasteiger partial charge in [0.1, 0.15) is 16.4 Å². The molecule has 0 aliphatic carbocycles. The van der Waals surface area contributed by atoms with Crippen LogP contribution in [0.5, 0.6) is 0 Å². The zero-order valence-electron chi connectivity index (χ0n) is 11.1. The summed E-state index contributed by atoms with van der Waals surface area (Å²) in [6.45, 7) is 5.50. The molecule has 0 unspecified atom stereocenters. The van der Waals surface area contributed by atoms with E-state index in [1.54, 1.807) is 32.9 Å². The van der Waals surface area contributed by atoms with Crippen LogP contribution in [0.25, 0.3) is 0 Å². The summed E-state index contributed by atoms with van der Waals surface area (Å²) in [4.78, 5) is 15.3. The van der Waals surface area contributed by atoms with Gasteiger partial charge in [0.25, 0.3) is 0 Å². The lowest BCUT2D eigenvalue weighted by Crippen LogP contribution is -2.32. The lowest BCUT2D eigenvalue weighted by Gasteiger charge is -2.18. The van der Waals surface area contributed by atoms with E-state index >= 15 is 0 Å². The molecule has 1 rings (SSSR count). The minimum atomic E-state index is -0.531. The number of pyridine rings is 1. The summed E-state index contributed by atoms with van der Waals surface area (Å²) in [6.07, 6.45) is -0.520. The highest BCUT2D eigenvalue weighted by Gasteiger charge is 2.14. The Morgan fingerprint density at radius 2 is 2.21 bits per heavy atom. The molecule has 0 saturated heterocycles. The predicted octanol–water partition coefficient (Wildman–Crippen LogP) is 2.19. The number of hydrogen-bond acceptors (Lipinski definition) is 4. The number of halogens is 1. The molecular formula is C13H16ClN3O2. The van der Waals surface area contributed by atoms with Gasteiger partial charge in [-0.1, -0.05) is 17.5 Å². The van der Waals surface area contributed by atoms with Crippen molar-refractivity contribution in [2.24, 2.45) is 0 Å². The number of nitrogens with one attached hydrogen (secondary N) is 1. The largest absolute Gasteiger partial charge is 0.444 e. The molecule has 5 nitrogen and oxygen atoms in total. The van der Waals surface area contributed by atoms with Crippen LogP contribution < -0.4 is 11.1 Å². The van der Waals surface area contributed by atoms with E-state index < -0.39 is 11.7 Å². The van der Waals surface area contributed by atoms with Gasteiger partial charge in [-0.3, -0.25) is 0 Å². The van der Waals surface area contributed by atoms with Crippen molar-refractivity contribution in [2.75, 3.05) is 12.3 Å². The van der Waals surface area contributed by atoms with Gasteiger partial charge in [-0.25, -0.2) is 9.78 Å². The van der Waals surface area contributed by atoms with Crippen LogP contribution in [0.1, 0.15) is 26.5 Å². The molecule has 0 aliphatic rings. The number of rotatable bonds is 1. The number of anilines is 1. The van der Waals surface area contributed by atoms with E-state index in [4.69, 9.17) is 22.1 Å². The first-order valence-electron chi connectivity index (χ1n) is 5.66. The molecule has 3 N–H and O–H groups in total. The second-order valence-electron chi connectivity index (χ2n) is 4.73. The highest BCUT2D eigenvalue weighted by atomic mass is 35.5. The molecule has 1 heterocycles. The van der Waals surface area contributed by atoms with Crippen molar-refractivity contribution in [2.45, 2.75) is 26.4 Å². The highest BCUT2D eigenvalue weighted by Crippen LogP contribution is 2.11. The van der Waals surface area contributed by atoms with Crippen LogP contribution in [-0.4, -0.2) is 23.2 Å². The summed E-state index contributed by atoms with van der Waals surface area (Å²) >= 11 is 5.73. The number of nitrogen functional groups attached to an aromatic ring is 1. The molecule has 0 fully saturated rings. The van der Waals surface area contributed by atoms with Gasteiger partial charge in [0, 0.05) is 0 Å². The molecule has 1 aromatic heterocycles. The zero-order valence-corrected chi connectivity index (χ0v) is 11.8. The number of hydrogen-bond donors (Lipinski definition) is 2. The lowest BCUT2D eigenvalue weighted by atomic mass is 10.2. The van der Waals surface area contributed by atoms with Crippen molar-refractivity contribution in [3.8, 4) is 11.8 Å². The fourth-order valence-electron chi connectivity index (χ4n) is 1.10. The molecular weight excluding hydrogens is 266 g/mol. The number of ether oxygens (including phenoxy) is 1. The first kappa shape index (κ1) is 15.1. The summed E-state index contributed by atoms with van der Waals surface area (Å²) in [6, 6.07) is 3.21. The highest BCUT2D eigenvalue weighted by molar-refractivity contribution is 6.29. The third-order valence-corrected chi connectivity index (χ3v) is 2.03. The van der Waals surface area contributed by atoms with Gasteiger partial charge < -0.3 is 15.8 Å². The van der Waals surface area contributed by atoms with E-state index in [0.717, 1.165) is 0 Å². The SMILES string of the molecule is CC(C)(C)OC(=O)NCC#Cc1nc(Cl)ccc1N. The number of nitrogens with two attached hydrogens (primary N) is 1. The van der Waals surface area contributed by atoms with Gasteiger partial charge in [0.15, 0.2) is 0 Å². The molecule has 102 valence electrons. The Kier molecular flexibility index (Phi) is 5.02. The first-order chi connectivity index (χ1) is 8.78. The Morgan fingerprint density at radius 1 is 1.53 bits per heavy atom. The Hall–Kier alpha value is -1.93. The topological polar surface area (TPSA) is 77.2 Å². The molecule has 1 amide bonds. The summed E-state index contributed by atoms with van der Waals surface area (Å²) in [5, 5.41) is 2.83. The van der Waals surface area contributed by atoms with E-state index in [1.165, 1.54) is 0 Å². The monoisotopic (exact) mass is 281 g/mol. The smallest absolute Gasteiger partial charge is 0.408 e. The van der Waals surface area contributed by atoms with E-state index in [9.17, 15) is 4.79 Å². The van der Waals surface area contributed by atoms with E-state index in [0.29, 0.717) is 16.5 Å². The molecule has 0 aliphatic heterocycles. The van der Waals surface area contributed by atoms with Crippen molar-refractivity contribution in [1.29, 1.82) is 0 Å². The second-order valence-corrected chi connectivity index (χ2v) is 5.12. The maximum absolute atomic E-state index is 11.3. The van der Waals surface area contributed by atoms with Crippen LogP contribution in [-0.2, 0) is 4.74 Å². The fraction of sp³-hybridized carbons (Fsp3) is 0.385. The van der Waals surface area contributed by atoms with Crippen LogP contribution in [0.3, 0.4) is 0 Å². The molecule has 0 saturated carbocycles.